The smallest absolute Gasteiger partial charge is 0.222 e. The van der Waals surface area contributed by atoms with E-state index in [2.05, 4.69) is 58.8 Å². The highest BCUT2D eigenvalue weighted by Crippen LogP contribution is 2.11. The summed E-state index contributed by atoms with van der Waals surface area (Å²) < 4.78 is 0. The van der Waals surface area contributed by atoms with Crippen molar-refractivity contribution in [2.24, 2.45) is 0 Å². The van der Waals surface area contributed by atoms with Gasteiger partial charge in [0, 0.05) is 24.8 Å². The fraction of sp³-hybridized carbons (Fsp3) is 0.952. The number of hydrogen-bond donors (Lipinski definition) is 0. The Morgan fingerprint density at radius 3 is 1.46 bits per heavy atom. The number of alkyl halides is 1. The monoisotopic (exact) mass is 433 g/mol. The molecule has 0 aromatic carbocycles. The van der Waals surface area contributed by atoms with E-state index in [9.17, 15) is 4.79 Å². The van der Waals surface area contributed by atoms with E-state index in [1.165, 1.54) is 44.9 Å². The first kappa shape index (κ1) is 25.9. The second-order valence-corrected chi connectivity index (χ2v) is 8.75. The van der Waals surface area contributed by atoms with E-state index in [4.69, 9.17) is 0 Å². The molecule has 0 aromatic rings. The number of rotatable bonds is 18. The summed E-state index contributed by atoms with van der Waals surface area (Å²) >= 11 is 3.48. The lowest BCUT2D eigenvalue weighted by molar-refractivity contribution is -0.131. The Morgan fingerprint density at radius 2 is 1.04 bits per heavy atom. The number of hydrogen-bond acceptors (Lipinski definition) is 3. The Bertz CT molecular complexity index is 310. The van der Waals surface area contributed by atoms with Crippen LogP contribution in [-0.2, 0) is 4.79 Å². The Morgan fingerprint density at radius 1 is 0.615 bits per heavy atom. The normalized spacial score (nSPS) is 11.5. The van der Waals surface area contributed by atoms with E-state index < -0.39 is 0 Å². The molecule has 0 atom stereocenters. The average molecular weight is 435 g/mol. The van der Waals surface area contributed by atoms with Crippen molar-refractivity contribution in [3.8, 4) is 0 Å². The lowest BCUT2D eigenvalue weighted by Gasteiger charge is -2.24. The lowest BCUT2D eigenvalue weighted by Crippen LogP contribution is -2.35. The van der Waals surface area contributed by atoms with Crippen molar-refractivity contribution in [3.05, 3.63) is 0 Å². The lowest BCUT2D eigenvalue weighted by atomic mass is 10.1. The van der Waals surface area contributed by atoms with Gasteiger partial charge in [0.2, 0.25) is 5.91 Å². The van der Waals surface area contributed by atoms with E-state index in [-0.39, 0.29) is 0 Å². The molecule has 0 bridgehead atoms. The van der Waals surface area contributed by atoms with Crippen molar-refractivity contribution in [3.63, 3.8) is 0 Å². The molecule has 0 aromatic heterocycles. The largest absolute Gasteiger partial charge is 0.343 e. The second kappa shape index (κ2) is 18.2. The molecule has 1 amide bonds. The van der Waals surface area contributed by atoms with Crippen molar-refractivity contribution in [2.75, 3.05) is 59.7 Å². The number of amides is 1. The van der Waals surface area contributed by atoms with E-state index in [1.54, 1.807) is 0 Å². The van der Waals surface area contributed by atoms with Crippen LogP contribution in [0.15, 0.2) is 0 Å². The molecule has 0 aliphatic heterocycles. The van der Waals surface area contributed by atoms with Crippen molar-refractivity contribution < 1.29 is 4.79 Å². The minimum absolute atomic E-state index is 0.361. The van der Waals surface area contributed by atoms with Gasteiger partial charge in [0.05, 0.1) is 0 Å². The van der Waals surface area contributed by atoms with Crippen LogP contribution in [0.1, 0.15) is 70.6 Å². The molecule has 5 heteroatoms. The number of nitrogens with zero attached hydrogens (tertiary/aromatic N) is 3. The van der Waals surface area contributed by atoms with Gasteiger partial charge in [-0.25, -0.2) is 0 Å². The molecule has 156 valence electrons. The molecule has 26 heavy (non-hydrogen) atoms. The molecule has 0 aliphatic carbocycles. The van der Waals surface area contributed by atoms with Gasteiger partial charge in [-0.3, -0.25) is 4.79 Å². The molecule has 0 N–H and O–H groups in total. The third kappa shape index (κ3) is 17.3. The summed E-state index contributed by atoms with van der Waals surface area (Å²) in [6.45, 7) is 3.90. The predicted molar refractivity (Wildman–Crippen MR) is 118 cm³/mol. The van der Waals surface area contributed by atoms with Gasteiger partial charge < -0.3 is 14.7 Å². The maximum absolute atomic E-state index is 12.6. The zero-order chi connectivity index (χ0) is 19.6. The summed E-state index contributed by atoms with van der Waals surface area (Å²) in [7, 11) is 8.38. The topological polar surface area (TPSA) is 26.8 Å². The zero-order valence-corrected chi connectivity index (χ0v) is 19.5. The number of carbonyl (C=O) groups excluding carboxylic acids is 1. The molecule has 0 rings (SSSR count). The molecule has 0 heterocycles. The predicted octanol–water partition coefficient (Wildman–Crippen LogP) is 4.62. The fourth-order valence-corrected chi connectivity index (χ4v) is 3.50. The molecule has 0 fully saturated rings. The Kier molecular flexibility index (Phi) is 18.2. The standard InChI is InChI=1S/C21H44BrN3O/c1-23(2)17-13-19-25(20-14-18-24(3)4)21(26)15-11-9-7-5-6-8-10-12-16-22/h5-20H2,1-4H3. The fourth-order valence-electron chi connectivity index (χ4n) is 3.11. The minimum atomic E-state index is 0.361. The maximum Gasteiger partial charge on any atom is 0.222 e. The van der Waals surface area contributed by atoms with Gasteiger partial charge >= 0.3 is 0 Å². The molecule has 0 saturated carbocycles. The summed E-state index contributed by atoms with van der Waals surface area (Å²) in [5, 5.41) is 1.13. The molecule has 0 aliphatic rings. The summed E-state index contributed by atoms with van der Waals surface area (Å²) in [6.07, 6.45) is 13.1. The summed E-state index contributed by atoms with van der Waals surface area (Å²) in [4.78, 5) is 19.1. The average Bonchev–Trinajstić information content (AvgIpc) is 2.58. The van der Waals surface area contributed by atoms with Gasteiger partial charge in [0.25, 0.3) is 0 Å². The Balaban J connectivity index is 3.92. The first-order valence-corrected chi connectivity index (χ1v) is 11.7. The maximum atomic E-state index is 12.6. The molecule has 0 spiro atoms. The quantitative estimate of drug-likeness (QED) is 0.233. The van der Waals surface area contributed by atoms with Crippen LogP contribution in [-0.4, -0.2) is 80.3 Å². The third-order valence-corrected chi connectivity index (χ3v) is 5.25. The van der Waals surface area contributed by atoms with Crippen molar-refractivity contribution in [2.45, 2.75) is 70.6 Å². The SMILES string of the molecule is CN(C)CCCN(CCCN(C)C)C(=O)CCCCCCCCCCBr. The minimum Gasteiger partial charge on any atom is -0.343 e. The number of halogens is 1. The van der Waals surface area contributed by atoms with Crippen LogP contribution < -0.4 is 0 Å². The van der Waals surface area contributed by atoms with Gasteiger partial charge in [-0.1, -0.05) is 54.5 Å². The number of carbonyl (C=O) groups is 1. The molecule has 4 nitrogen and oxygen atoms in total. The Hall–Kier alpha value is -0.130. The highest BCUT2D eigenvalue weighted by molar-refractivity contribution is 9.09. The number of unbranched alkanes of at least 4 members (excludes halogenated alkanes) is 7. The van der Waals surface area contributed by atoms with Crippen LogP contribution in [0.2, 0.25) is 0 Å². The molecule has 0 unspecified atom stereocenters. The summed E-state index contributed by atoms with van der Waals surface area (Å²) in [5.41, 5.74) is 0. The second-order valence-electron chi connectivity index (χ2n) is 7.96. The van der Waals surface area contributed by atoms with Gasteiger partial charge in [-0.05, 0) is 67.0 Å². The van der Waals surface area contributed by atoms with E-state index >= 15 is 0 Å². The van der Waals surface area contributed by atoms with Gasteiger partial charge in [-0.15, -0.1) is 0 Å². The van der Waals surface area contributed by atoms with Gasteiger partial charge in [0.15, 0.2) is 0 Å². The first-order valence-electron chi connectivity index (χ1n) is 10.6. The van der Waals surface area contributed by atoms with Crippen LogP contribution in [0.25, 0.3) is 0 Å². The first-order chi connectivity index (χ1) is 12.5. The van der Waals surface area contributed by atoms with Crippen LogP contribution in [0.5, 0.6) is 0 Å². The molecule has 0 saturated heterocycles. The Labute approximate surface area is 171 Å². The molecular weight excluding hydrogens is 390 g/mol. The third-order valence-electron chi connectivity index (χ3n) is 4.69. The zero-order valence-electron chi connectivity index (χ0n) is 17.9. The van der Waals surface area contributed by atoms with Crippen LogP contribution >= 0.6 is 15.9 Å². The summed E-state index contributed by atoms with van der Waals surface area (Å²) in [5.74, 6) is 0.361. The molecular formula is C21H44BrN3O. The van der Waals surface area contributed by atoms with Crippen molar-refractivity contribution in [1.29, 1.82) is 0 Å². The van der Waals surface area contributed by atoms with E-state index in [0.717, 1.165) is 57.2 Å². The molecule has 0 radical (unpaired) electrons. The highest BCUT2D eigenvalue weighted by Gasteiger charge is 2.12. The summed E-state index contributed by atoms with van der Waals surface area (Å²) in [6, 6.07) is 0. The van der Waals surface area contributed by atoms with E-state index in [1.807, 2.05) is 0 Å². The van der Waals surface area contributed by atoms with Crippen LogP contribution in [0.4, 0.5) is 0 Å². The van der Waals surface area contributed by atoms with Gasteiger partial charge in [0.1, 0.15) is 0 Å². The van der Waals surface area contributed by atoms with E-state index in [0.29, 0.717) is 5.91 Å². The van der Waals surface area contributed by atoms with Crippen molar-refractivity contribution in [1.82, 2.24) is 14.7 Å². The van der Waals surface area contributed by atoms with Gasteiger partial charge in [-0.2, -0.15) is 0 Å². The van der Waals surface area contributed by atoms with Crippen molar-refractivity contribution >= 4 is 21.8 Å². The highest BCUT2D eigenvalue weighted by atomic mass is 79.9. The van der Waals surface area contributed by atoms with Crippen LogP contribution in [0.3, 0.4) is 0 Å². The van der Waals surface area contributed by atoms with Crippen LogP contribution in [0, 0.1) is 0 Å².